The van der Waals surface area contributed by atoms with Crippen LogP contribution in [0.3, 0.4) is 0 Å². The van der Waals surface area contributed by atoms with Crippen molar-refractivity contribution in [3.8, 4) is 5.75 Å². The van der Waals surface area contributed by atoms with Crippen molar-refractivity contribution in [2.75, 3.05) is 7.11 Å². The molecule has 0 bridgehead atoms. The number of nitrogens with zero attached hydrogens (tertiary/aromatic N) is 2. The lowest BCUT2D eigenvalue weighted by molar-refractivity contribution is 0.0905. The van der Waals surface area contributed by atoms with Gasteiger partial charge in [-0.2, -0.15) is 5.10 Å². The molecule has 1 aromatic heterocycles. The second kappa shape index (κ2) is 5.10. The molecule has 2 rings (SSSR count). The van der Waals surface area contributed by atoms with Crippen molar-refractivity contribution in [2.45, 2.75) is 45.2 Å². The predicted molar refractivity (Wildman–Crippen MR) is 68.8 cm³/mol. The standard InChI is InChI=1S/C13H21N3O2/c1-8(2)16-12(11(18-3)7-15-16)13(17)9-4-5-10(14)6-9/h7-10H,4-6,14H2,1-3H3. The van der Waals surface area contributed by atoms with Gasteiger partial charge < -0.3 is 10.5 Å². The molecule has 0 saturated heterocycles. The summed E-state index contributed by atoms with van der Waals surface area (Å²) in [4.78, 5) is 12.6. The Morgan fingerprint density at radius 1 is 1.56 bits per heavy atom. The Labute approximate surface area is 107 Å². The van der Waals surface area contributed by atoms with E-state index in [1.54, 1.807) is 18.0 Å². The molecule has 5 heteroatoms. The third-order valence-corrected chi connectivity index (χ3v) is 3.55. The molecule has 1 aliphatic rings. The normalized spacial score (nSPS) is 23.6. The van der Waals surface area contributed by atoms with Gasteiger partial charge in [0.05, 0.1) is 13.3 Å². The Balaban J connectivity index is 2.31. The van der Waals surface area contributed by atoms with Crippen LogP contribution in [0.15, 0.2) is 6.20 Å². The molecule has 2 unspecified atom stereocenters. The fourth-order valence-corrected chi connectivity index (χ4v) is 2.57. The Hall–Kier alpha value is -1.36. The molecule has 1 saturated carbocycles. The predicted octanol–water partition coefficient (Wildman–Crippen LogP) is 1.78. The zero-order valence-electron chi connectivity index (χ0n) is 11.2. The van der Waals surface area contributed by atoms with Crippen LogP contribution in [0.25, 0.3) is 0 Å². The van der Waals surface area contributed by atoms with Crippen molar-refractivity contribution in [1.29, 1.82) is 0 Å². The summed E-state index contributed by atoms with van der Waals surface area (Å²) in [6.07, 6.45) is 4.17. The number of ketones is 1. The maximum absolute atomic E-state index is 12.6. The van der Waals surface area contributed by atoms with Crippen LogP contribution in [-0.2, 0) is 0 Å². The number of hydrogen-bond donors (Lipinski definition) is 1. The van der Waals surface area contributed by atoms with Crippen molar-refractivity contribution in [3.05, 3.63) is 11.9 Å². The number of Topliss-reactive ketones (excluding diaryl/α,β-unsaturated/α-hetero) is 1. The lowest BCUT2D eigenvalue weighted by Crippen LogP contribution is -2.21. The topological polar surface area (TPSA) is 70.1 Å². The maximum Gasteiger partial charge on any atom is 0.187 e. The number of nitrogens with two attached hydrogens (primary N) is 1. The van der Waals surface area contributed by atoms with Gasteiger partial charge in [-0.25, -0.2) is 0 Å². The van der Waals surface area contributed by atoms with E-state index < -0.39 is 0 Å². The van der Waals surface area contributed by atoms with Crippen molar-refractivity contribution in [3.63, 3.8) is 0 Å². The van der Waals surface area contributed by atoms with Crippen LogP contribution in [-0.4, -0.2) is 28.7 Å². The lowest BCUT2D eigenvalue weighted by Gasteiger charge is -2.14. The number of aromatic nitrogens is 2. The largest absolute Gasteiger partial charge is 0.493 e. The summed E-state index contributed by atoms with van der Waals surface area (Å²) in [6.45, 7) is 4.01. The summed E-state index contributed by atoms with van der Waals surface area (Å²) in [5.74, 6) is 0.697. The van der Waals surface area contributed by atoms with Crippen molar-refractivity contribution >= 4 is 5.78 Å². The summed E-state index contributed by atoms with van der Waals surface area (Å²) in [5.41, 5.74) is 6.47. The van der Waals surface area contributed by atoms with E-state index >= 15 is 0 Å². The van der Waals surface area contributed by atoms with Crippen LogP contribution in [0.1, 0.15) is 49.6 Å². The van der Waals surface area contributed by atoms with Crippen LogP contribution < -0.4 is 10.5 Å². The summed E-state index contributed by atoms with van der Waals surface area (Å²) in [7, 11) is 1.57. The van der Waals surface area contributed by atoms with Gasteiger partial charge >= 0.3 is 0 Å². The Morgan fingerprint density at radius 3 is 2.78 bits per heavy atom. The zero-order chi connectivity index (χ0) is 13.3. The van der Waals surface area contributed by atoms with Gasteiger partial charge in [-0.15, -0.1) is 0 Å². The Bertz CT molecular complexity index is 439. The molecule has 0 aliphatic heterocycles. The number of carbonyl (C=O) groups excluding carboxylic acids is 1. The first kappa shape index (κ1) is 13.1. The molecule has 2 N–H and O–H groups in total. The molecular formula is C13H21N3O2. The quantitative estimate of drug-likeness (QED) is 0.828. The van der Waals surface area contributed by atoms with E-state index in [-0.39, 0.29) is 23.8 Å². The summed E-state index contributed by atoms with van der Waals surface area (Å²) >= 11 is 0. The molecule has 1 heterocycles. The number of rotatable bonds is 4. The monoisotopic (exact) mass is 251 g/mol. The van der Waals surface area contributed by atoms with Crippen LogP contribution in [0.2, 0.25) is 0 Å². The van der Waals surface area contributed by atoms with Crippen molar-refractivity contribution in [2.24, 2.45) is 11.7 Å². The number of ether oxygens (including phenoxy) is 1. The SMILES string of the molecule is COc1cnn(C(C)C)c1C(=O)C1CCC(N)C1. The van der Waals surface area contributed by atoms with Gasteiger partial charge in [-0.3, -0.25) is 9.48 Å². The second-order valence-corrected chi connectivity index (χ2v) is 5.23. The average molecular weight is 251 g/mol. The average Bonchev–Trinajstić information content (AvgIpc) is 2.93. The highest BCUT2D eigenvalue weighted by Crippen LogP contribution is 2.31. The van der Waals surface area contributed by atoms with Crippen molar-refractivity contribution < 1.29 is 9.53 Å². The van der Waals surface area contributed by atoms with Crippen LogP contribution >= 0.6 is 0 Å². The molecule has 1 aliphatic carbocycles. The molecule has 2 atom stereocenters. The minimum absolute atomic E-state index is 0.0168. The Kier molecular flexibility index (Phi) is 3.71. The smallest absolute Gasteiger partial charge is 0.187 e. The van der Waals surface area contributed by atoms with Crippen LogP contribution in [0, 0.1) is 5.92 Å². The third kappa shape index (κ3) is 2.27. The third-order valence-electron chi connectivity index (χ3n) is 3.55. The molecule has 1 fully saturated rings. The van der Waals surface area contributed by atoms with Gasteiger partial charge in [0, 0.05) is 18.0 Å². The molecule has 0 radical (unpaired) electrons. The van der Waals surface area contributed by atoms with Gasteiger partial charge in [0.2, 0.25) is 0 Å². The van der Waals surface area contributed by atoms with E-state index in [1.807, 2.05) is 13.8 Å². The first-order chi connectivity index (χ1) is 8.54. The molecule has 0 aromatic carbocycles. The van der Waals surface area contributed by atoms with Crippen molar-refractivity contribution in [1.82, 2.24) is 9.78 Å². The first-order valence-electron chi connectivity index (χ1n) is 6.45. The van der Waals surface area contributed by atoms with Gasteiger partial charge in [-0.1, -0.05) is 0 Å². The number of hydrogen-bond acceptors (Lipinski definition) is 4. The van der Waals surface area contributed by atoms with Crippen LogP contribution in [0.4, 0.5) is 0 Å². The van der Waals surface area contributed by atoms with Gasteiger partial charge in [0.25, 0.3) is 0 Å². The fourth-order valence-electron chi connectivity index (χ4n) is 2.57. The van der Waals surface area contributed by atoms with E-state index in [9.17, 15) is 4.79 Å². The molecule has 18 heavy (non-hydrogen) atoms. The highest BCUT2D eigenvalue weighted by atomic mass is 16.5. The van der Waals surface area contributed by atoms with E-state index in [0.717, 1.165) is 19.3 Å². The van der Waals surface area contributed by atoms with E-state index in [0.29, 0.717) is 11.4 Å². The molecule has 5 nitrogen and oxygen atoms in total. The van der Waals surface area contributed by atoms with E-state index in [2.05, 4.69) is 5.10 Å². The minimum Gasteiger partial charge on any atom is -0.493 e. The second-order valence-electron chi connectivity index (χ2n) is 5.23. The highest BCUT2D eigenvalue weighted by Gasteiger charge is 2.32. The van der Waals surface area contributed by atoms with E-state index in [4.69, 9.17) is 10.5 Å². The fraction of sp³-hybridized carbons (Fsp3) is 0.692. The van der Waals surface area contributed by atoms with Gasteiger partial charge in [0.1, 0.15) is 5.69 Å². The summed E-state index contributed by atoms with van der Waals surface area (Å²) in [5, 5.41) is 4.24. The molecular weight excluding hydrogens is 230 g/mol. The summed E-state index contributed by atoms with van der Waals surface area (Å²) in [6, 6.07) is 0.295. The lowest BCUT2D eigenvalue weighted by atomic mass is 9.99. The summed E-state index contributed by atoms with van der Waals surface area (Å²) < 4.78 is 6.99. The van der Waals surface area contributed by atoms with Crippen LogP contribution in [0.5, 0.6) is 5.75 Å². The first-order valence-corrected chi connectivity index (χ1v) is 6.45. The van der Waals surface area contributed by atoms with E-state index in [1.165, 1.54) is 0 Å². The zero-order valence-corrected chi connectivity index (χ0v) is 11.2. The van der Waals surface area contributed by atoms with Gasteiger partial charge in [0.15, 0.2) is 11.5 Å². The minimum atomic E-state index is 0.0168. The Morgan fingerprint density at radius 2 is 2.28 bits per heavy atom. The molecule has 0 amide bonds. The van der Waals surface area contributed by atoms with Gasteiger partial charge in [-0.05, 0) is 33.1 Å². The number of carbonyl (C=O) groups is 1. The number of methoxy groups -OCH3 is 1. The molecule has 100 valence electrons. The molecule has 1 aromatic rings. The highest BCUT2D eigenvalue weighted by molar-refractivity contribution is 5.99. The molecule has 0 spiro atoms. The maximum atomic E-state index is 12.6.